The highest BCUT2D eigenvalue weighted by Gasteiger charge is 1.94. The highest BCUT2D eigenvalue weighted by Crippen LogP contribution is 1.84. The van der Waals surface area contributed by atoms with Crippen LogP contribution >= 0.6 is 0 Å². The predicted molar refractivity (Wildman–Crippen MR) is 65.5 cm³/mol. The molecule has 0 amide bonds. The summed E-state index contributed by atoms with van der Waals surface area (Å²) in [6.07, 6.45) is 3.70. The summed E-state index contributed by atoms with van der Waals surface area (Å²) in [5.41, 5.74) is 0. The number of carboxylic acids is 1. The second kappa shape index (κ2) is 12.4. The van der Waals surface area contributed by atoms with Gasteiger partial charge in [0.25, 0.3) is 0 Å². The second-order valence-corrected chi connectivity index (χ2v) is 3.78. The molecule has 16 heavy (non-hydrogen) atoms. The largest absolute Gasteiger partial charge is 0.481 e. The lowest BCUT2D eigenvalue weighted by atomic mass is 10.3. The second-order valence-electron chi connectivity index (χ2n) is 3.78. The lowest BCUT2D eigenvalue weighted by Crippen LogP contribution is -2.31. The number of hydrogen-bond donors (Lipinski definition) is 4. The summed E-state index contributed by atoms with van der Waals surface area (Å²) in [6.45, 7) is 6.55. The van der Waals surface area contributed by atoms with Gasteiger partial charge in [-0.05, 0) is 38.9 Å². The minimum absolute atomic E-state index is 0.183. The first-order valence-electron chi connectivity index (χ1n) is 6.11. The fourth-order valence-electron chi connectivity index (χ4n) is 1.26. The van der Waals surface area contributed by atoms with Crippen LogP contribution in [0.4, 0.5) is 0 Å². The number of carboxylic acid groups (broad SMARTS) is 1. The van der Waals surface area contributed by atoms with Gasteiger partial charge in [-0.25, -0.2) is 0 Å². The molecular weight excluding hydrogens is 206 g/mol. The molecule has 0 aromatic carbocycles. The zero-order valence-electron chi connectivity index (χ0n) is 10.2. The van der Waals surface area contributed by atoms with Crippen molar-refractivity contribution in [1.29, 1.82) is 0 Å². The maximum atomic E-state index is 10.2. The lowest BCUT2D eigenvalue weighted by Gasteiger charge is -2.06. The maximum Gasteiger partial charge on any atom is 0.304 e. The zero-order chi connectivity index (χ0) is 12.1. The van der Waals surface area contributed by atoms with Crippen LogP contribution in [0, 0.1) is 0 Å². The van der Waals surface area contributed by atoms with Crippen LogP contribution in [0.15, 0.2) is 0 Å². The number of rotatable bonds is 12. The number of aliphatic carboxylic acids is 1. The van der Waals surface area contributed by atoms with Gasteiger partial charge in [0.15, 0.2) is 0 Å². The molecule has 0 aliphatic rings. The third kappa shape index (κ3) is 13.4. The van der Waals surface area contributed by atoms with Crippen molar-refractivity contribution in [2.75, 3.05) is 32.8 Å². The Kier molecular flexibility index (Phi) is 11.9. The summed E-state index contributed by atoms with van der Waals surface area (Å²) < 4.78 is 0. The van der Waals surface area contributed by atoms with Gasteiger partial charge >= 0.3 is 5.97 Å². The lowest BCUT2D eigenvalue weighted by molar-refractivity contribution is -0.136. The minimum Gasteiger partial charge on any atom is -0.481 e. The van der Waals surface area contributed by atoms with E-state index in [0.717, 1.165) is 26.1 Å². The molecule has 0 aromatic heterocycles. The summed E-state index contributed by atoms with van der Waals surface area (Å²) in [5, 5.41) is 18.0. The topological polar surface area (TPSA) is 73.4 Å². The van der Waals surface area contributed by atoms with E-state index in [4.69, 9.17) is 5.11 Å². The van der Waals surface area contributed by atoms with Crippen molar-refractivity contribution in [3.8, 4) is 0 Å². The minimum atomic E-state index is -0.755. The Labute approximate surface area is 98.0 Å². The first-order valence-corrected chi connectivity index (χ1v) is 6.11. The van der Waals surface area contributed by atoms with Gasteiger partial charge in [0, 0.05) is 13.2 Å². The van der Waals surface area contributed by atoms with Crippen molar-refractivity contribution >= 4 is 5.97 Å². The molecule has 96 valence electrons. The van der Waals surface area contributed by atoms with Crippen LogP contribution in [-0.4, -0.2) is 43.9 Å². The molecule has 0 aromatic rings. The molecule has 5 nitrogen and oxygen atoms in total. The number of nitrogens with one attached hydrogen (secondary N) is 3. The van der Waals surface area contributed by atoms with E-state index in [1.807, 2.05) is 0 Å². The van der Waals surface area contributed by atoms with E-state index >= 15 is 0 Å². The van der Waals surface area contributed by atoms with Crippen molar-refractivity contribution in [3.63, 3.8) is 0 Å². The summed E-state index contributed by atoms with van der Waals surface area (Å²) in [7, 11) is 0. The van der Waals surface area contributed by atoms with E-state index < -0.39 is 5.97 Å². The van der Waals surface area contributed by atoms with Crippen molar-refractivity contribution in [1.82, 2.24) is 16.0 Å². The van der Waals surface area contributed by atoms with Crippen LogP contribution in [0.25, 0.3) is 0 Å². The molecule has 0 radical (unpaired) electrons. The van der Waals surface area contributed by atoms with Crippen molar-refractivity contribution in [3.05, 3.63) is 0 Å². The van der Waals surface area contributed by atoms with Gasteiger partial charge in [-0.2, -0.15) is 0 Å². The van der Waals surface area contributed by atoms with Gasteiger partial charge in [-0.1, -0.05) is 6.92 Å². The molecule has 4 N–H and O–H groups in total. The van der Waals surface area contributed by atoms with Crippen LogP contribution in [0.5, 0.6) is 0 Å². The maximum absolute atomic E-state index is 10.2. The van der Waals surface area contributed by atoms with Crippen LogP contribution in [0.2, 0.25) is 0 Å². The average molecular weight is 231 g/mol. The molecule has 0 bridgehead atoms. The third-order valence-corrected chi connectivity index (χ3v) is 2.15. The van der Waals surface area contributed by atoms with Crippen LogP contribution in [0.1, 0.15) is 32.6 Å². The van der Waals surface area contributed by atoms with E-state index in [1.54, 1.807) is 0 Å². The van der Waals surface area contributed by atoms with Gasteiger partial charge < -0.3 is 21.1 Å². The fourth-order valence-corrected chi connectivity index (χ4v) is 1.26. The molecule has 0 spiro atoms. The first-order chi connectivity index (χ1) is 7.77. The zero-order valence-corrected chi connectivity index (χ0v) is 10.2. The van der Waals surface area contributed by atoms with Gasteiger partial charge in [-0.15, -0.1) is 0 Å². The van der Waals surface area contributed by atoms with Crippen molar-refractivity contribution in [2.45, 2.75) is 32.6 Å². The summed E-state index contributed by atoms with van der Waals surface area (Å²) in [4.78, 5) is 10.2. The Morgan fingerprint density at radius 1 is 1.00 bits per heavy atom. The van der Waals surface area contributed by atoms with Gasteiger partial charge in [0.05, 0.1) is 6.42 Å². The quantitative estimate of drug-likeness (QED) is 0.289. The van der Waals surface area contributed by atoms with Gasteiger partial charge in [0.1, 0.15) is 0 Å². The molecule has 0 unspecified atom stereocenters. The van der Waals surface area contributed by atoms with Gasteiger partial charge in [0.2, 0.25) is 0 Å². The first kappa shape index (κ1) is 15.3. The van der Waals surface area contributed by atoms with E-state index in [-0.39, 0.29) is 6.42 Å². The molecule has 5 heteroatoms. The smallest absolute Gasteiger partial charge is 0.304 e. The summed E-state index contributed by atoms with van der Waals surface area (Å²) >= 11 is 0. The van der Waals surface area contributed by atoms with E-state index in [1.165, 1.54) is 12.8 Å². The van der Waals surface area contributed by atoms with E-state index in [0.29, 0.717) is 13.2 Å². The number of unbranched alkanes of at least 4 members (excludes halogenated alkanes) is 1. The standard InChI is InChI=1S/C11H25N3O2/c1-2-6-12-7-3-4-8-13-10-14-9-5-11(15)16/h12-14H,2-10H2,1H3,(H,15,16). The Bertz CT molecular complexity index is 165. The SMILES string of the molecule is CCCNCCCCNCNCCC(=O)O. The Morgan fingerprint density at radius 2 is 1.62 bits per heavy atom. The third-order valence-electron chi connectivity index (χ3n) is 2.15. The molecule has 0 aliphatic carbocycles. The van der Waals surface area contributed by atoms with E-state index in [9.17, 15) is 4.79 Å². The fraction of sp³-hybridized carbons (Fsp3) is 0.909. The normalized spacial score (nSPS) is 10.6. The molecule has 0 saturated carbocycles. The molecule has 0 heterocycles. The van der Waals surface area contributed by atoms with Gasteiger partial charge in [-0.3, -0.25) is 4.79 Å². The Balaban J connectivity index is 2.90. The van der Waals surface area contributed by atoms with Crippen molar-refractivity contribution in [2.24, 2.45) is 0 Å². The molecule has 0 atom stereocenters. The summed E-state index contributed by atoms with van der Waals surface area (Å²) in [5.74, 6) is -0.755. The molecular formula is C11H25N3O2. The average Bonchev–Trinajstić information content (AvgIpc) is 2.25. The van der Waals surface area contributed by atoms with Crippen LogP contribution in [-0.2, 0) is 4.79 Å². The Hall–Kier alpha value is -0.650. The Morgan fingerprint density at radius 3 is 2.25 bits per heavy atom. The molecule has 0 fully saturated rings. The van der Waals surface area contributed by atoms with E-state index in [2.05, 4.69) is 22.9 Å². The highest BCUT2D eigenvalue weighted by atomic mass is 16.4. The number of hydrogen-bond acceptors (Lipinski definition) is 4. The number of carbonyl (C=O) groups is 1. The molecule has 0 saturated heterocycles. The molecule has 0 rings (SSSR count). The highest BCUT2D eigenvalue weighted by molar-refractivity contribution is 5.66. The summed E-state index contributed by atoms with van der Waals surface area (Å²) in [6, 6.07) is 0. The monoisotopic (exact) mass is 231 g/mol. The van der Waals surface area contributed by atoms with Crippen molar-refractivity contribution < 1.29 is 9.90 Å². The predicted octanol–water partition coefficient (Wildman–Crippen LogP) is 0.378. The van der Waals surface area contributed by atoms with Crippen LogP contribution in [0.3, 0.4) is 0 Å². The molecule has 0 aliphatic heterocycles. The van der Waals surface area contributed by atoms with Crippen LogP contribution < -0.4 is 16.0 Å².